The molecule has 8 nitrogen and oxygen atoms in total. The van der Waals surface area contributed by atoms with Gasteiger partial charge < -0.3 is 15.0 Å². The summed E-state index contributed by atoms with van der Waals surface area (Å²) in [7, 11) is -4.15. The van der Waals surface area contributed by atoms with Crippen LogP contribution in [0.15, 0.2) is 77.7 Å². The summed E-state index contributed by atoms with van der Waals surface area (Å²) in [6.45, 7) is 8.92. The van der Waals surface area contributed by atoms with Crippen LogP contribution in [0.2, 0.25) is 5.02 Å². The number of carbonyl (C=O) groups excluding carboxylic acids is 2. The molecule has 0 aliphatic heterocycles. The van der Waals surface area contributed by atoms with Gasteiger partial charge in [0.05, 0.1) is 17.2 Å². The predicted molar refractivity (Wildman–Crippen MR) is 158 cm³/mol. The van der Waals surface area contributed by atoms with E-state index in [9.17, 15) is 18.0 Å². The molecule has 10 heteroatoms. The van der Waals surface area contributed by atoms with Gasteiger partial charge in [-0.25, -0.2) is 8.42 Å². The second-order valence-corrected chi connectivity index (χ2v) is 12.0. The highest BCUT2D eigenvalue weighted by atomic mass is 35.5. The average molecular weight is 586 g/mol. The molecule has 3 aromatic rings. The molecule has 0 aliphatic rings. The molecule has 0 aliphatic carbocycles. The molecule has 214 valence electrons. The second-order valence-electron chi connectivity index (χ2n) is 9.70. The zero-order chi connectivity index (χ0) is 29.4. The van der Waals surface area contributed by atoms with E-state index in [0.717, 1.165) is 9.87 Å². The normalized spacial score (nSPS) is 12.1. The predicted octanol–water partition coefficient (Wildman–Crippen LogP) is 5.18. The maximum Gasteiger partial charge on any atom is 0.264 e. The fourth-order valence-electron chi connectivity index (χ4n) is 4.04. The highest BCUT2D eigenvalue weighted by molar-refractivity contribution is 7.92. The highest BCUT2D eigenvalue weighted by Crippen LogP contribution is 2.27. The Hall–Kier alpha value is -3.56. The number of nitrogens with one attached hydrogen (secondary N) is 1. The van der Waals surface area contributed by atoms with E-state index < -0.39 is 28.5 Å². The number of carbonyl (C=O) groups is 2. The first-order valence-electron chi connectivity index (χ1n) is 13.1. The van der Waals surface area contributed by atoms with Crippen LogP contribution in [0.25, 0.3) is 0 Å². The number of ether oxygens (including phenoxy) is 1. The van der Waals surface area contributed by atoms with Gasteiger partial charge in [0.15, 0.2) is 0 Å². The zero-order valence-electron chi connectivity index (χ0n) is 23.4. The number of nitrogens with zero attached hydrogens (tertiary/aromatic N) is 2. The van der Waals surface area contributed by atoms with Crippen LogP contribution in [0, 0.1) is 6.92 Å². The number of hydrogen-bond donors (Lipinski definition) is 1. The Morgan fingerprint density at radius 1 is 0.950 bits per heavy atom. The molecule has 1 atom stereocenters. The van der Waals surface area contributed by atoms with Gasteiger partial charge in [-0.2, -0.15) is 0 Å². The maximum atomic E-state index is 13.9. The molecule has 0 spiro atoms. The molecule has 2 amide bonds. The van der Waals surface area contributed by atoms with Crippen molar-refractivity contribution >= 4 is 39.1 Å². The van der Waals surface area contributed by atoms with Crippen LogP contribution in [0.3, 0.4) is 0 Å². The van der Waals surface area contributed by atoms with Crippen molar-refractivity contribution in [1.29, 1.82) is 0 Å². The topological polar surface area (TPSA) is 96.0 Å². The van der Waals surface area contributed by atoms with Crippen LogP contribution in [0.4, 0.5) is 5.69 Å². The largest absolute Gasteiger partial charge is 0.494 e. The number of aryl methyl sites for hydroxylation is 1. The molecule has 0 saturated carbocycles. The molecule has 0 radical (unpaired) electrons. The summed E-state index contributed by atoms with van der Waals surface area (Å²) in [5.74, 6) is -0.343. The van der Waals surface area contributed by atoms with Crippen molar-refractivity contribution in [3.63, 3.8) is 0 Å². The zero-order valence-corrected chi connectivity index (χ0v) is 25.0. The maximum absolute atomic E-state index is 13.9. The minimum absolute atomic E-state index is 0.0207. The lowest BCUT2D eigenvalue weighted by atomic mass is 10.1. The molecule has 40 heavy (non-hydrogen) atoms. The Balaban J connectivity index is 2.04. The quantitative estimate of drug-likeness (QED) is 0.316. The van der Waals surface area contributed by atoms with E-state index in [1.165, 1.54) is 17.0 Å². The van der Waals surface area contributed by atoms with E-state index in [1.807, 2.05) is 27.7 Å². The standard InChI is InChI=1S/C30H36ClN3O5S/c1-6-39-26-15-13-25(14-16-26)34(40(37,38)27-17-11-22(4)12-18-27)20-29(35)33(23(5)30(36)32-21(2)3)19-24-9-7-8-10-28(24)31/h7-18,21,23H,6,19-20H2,1-5H3,(H,32,36). The van der Waals surface area contributed by atoms with Gasteiger partial charge in [-0.3, -0.25) is 13.9 Å². The summed E-state index contributed by atoms with van der Waals surface area (Å²) < 4.78 is 34.4. The van der Waals surface area contributed by atoms with Crippen LogP contribution >= 0.6 is 11.6 Å². The van der Waals surface area contributed by atoms with E-state index >= 15 is 0 Å². The lowest BCUT2D eigenvalue weighted by Gasteiger charge is -2.32. The Bertz CT molecular complexity index is 1410. The van der Waals surface area contributed by atoms with Gasteiger partial charge in [0.1, 0.15) is 18.3 Å². The summed E-state index contributed by atoms with van der Waals surface area (Å²) >= 11 is 6.39. The van der Waals surface area contributed by atoms with E-state index in [-0.39, 0.29) is 29.1 Å². The second kappa shape index (κ2) is 13.7. The molecular weight excluding hydrogens is 550 g/mol. The third-order valence-electron chi connectivity index (χ3n) is 6.22. The molecule has 3 rings (SSSR count). The summed E-state index contributed by atoms with van der Waals surface area (Å²) in [5, 5.41) is 3.27. The third-order valence-corrected chi connectivity index (χ3v) is 8.38. The summed E-state index contributed by atoms with van der Waals surface area (Å²) in [5.41, 5.74) is 1.82. The van der Waals surface area contributed by atoms with Gasteiger partial charge in [0.2, 0.25) is 11.8 Å². The van der Waals surface area contributed by atoms with Crippen LogP contribution < -0.4 is 14.4 Å². The number of sulfonamides is 1. The van der Waals surface area contributed by atoms with Gasteiger partial charge in [0.25, 0.3) is 10.0 Å². The number of anilines is 1. The summed E-state index contributed by atoms with van der Waals surface area (Å²) in [6.07, 6.45) is 0. The van der Waals surface area contributed by atoms with Gasteiger partial charge in [-0.15, -0.1) is 0 Å². The molecule has 1 unspecified atom stereocenters. The van der Waals surface area contributed by atoms with Crippen LogP contribution in [0.1, 0.15) is 38.8 Å². The summed E-state index contributed by atoms with van der Waals surface area (Å²) in [6, 6.07) is 18.9. The lowest BCUT2D eigenvalue weighted by molar-refractivity contribution is -0.139. The van der Waals surface area contributed by atoms with Crippen LogP contribution in [0.5, 0.6) is 5.75 Å². The number of benzene rings is 3. The van der Waals surface area contributed by atoms with Crippen molar-refractivity contribution in [1.82, 2.24) is 10.2 Å². The van der Waals surface area contributed by atoms with Crippen molar-refractivity contribution in [3.05, 3.63) is 88.9 Å². The van der Waals surface area contributed by atoms with Crippen molar-refractivity contribution in [2.24, 2.45) is 0 Å². The molecular formula is C30H36ClN3O5S. The van der Waals surface area contributed by atoms with E-state index in [4.69, 9.17) is 16.3 Å². The highest BCUT2D eigenvalue weighted by Gasteiger charge is 2.33. The lowest BCUT2D eigenvalue weighted by Crippen LogP contribution is -2.52. The number of rotatable bonds is 12. The van der Waals surface area contributed by atoms with Crippen molar-refractivity contribution in [2.45, 2.75) is 58.1 Å². The monoisotopic (exact) mass is 585 g/mol. The Labute approximate surface area is 241 Å². The SMILES string of the molecule is CCOc1ccc(N(CC(=O)N(Cc2ccccc2Cl)C(C)C(=O)NC(C)C)S(=O)(=O)c2ccc(C)cc2)cc1. The first-order valence-corrected chi connectivity index (χ1v) is 14.9. The molecule has 0 bridgehead atoms. The number of hydrogen-bond acceptors (Lipinski definition) is 5. The molecule has 1 N–H and O–H groups in total. The third kappa shape index (κ3) is 7.76. The minimum Gasteiger partial charge on any atom is -0.494 e. The van der Waals surface area contributed by atoms with Crippen molar-refractivity contribution in [3.8, 4) is 5.75 Å². The molecule has 3 aromatic carbocycles. The fourth-order valence-corrected chi connectivity index (χ4v) is 5.65. The van der Waals surface area contributed by atoms with Crippen molar-refractivity contribution < 1.29 is 22.7 Å². The molecule has 0 fully saturated rings. The average Bonchev–Trinajstić information content (AvgIpc) is 2.91. The van der Waals surface area contributed by atoms with Gasteiger partial charge in [-0.1, -0.05) is 47.5 Å². The van der Waals surface area contributed by atoms with Crippen LogP contribution in [-0.2, 0) is 26.2 Å². The van der Waals surface area contributed by atoms with E-state index in [0.29, 0.717) is 22.9 Å². The minimum atomic E-state index is -4.15. The van der Waals surface area contributed by atoms with Crippen molar-refractivity contribution in [2.75, 3.05) is 17.5 Å². The first-order chi connectivity index (χ1) is 18.9. The van der Waals surface area contributed by atoms with Gasteiger partial charge in [0, 0.05) is 17.6 Å². The Morgan fingerprint density at radius 2 is 1.57 bits per heavy atom. The molecule has 0 saturated heterocycles. The van der Waals surface area contributed by atoms with E-state index in [2.05, 4.69) is 5.32 Å². The molecule has 0 aromatic heterocycles. The van der Waals surface area contributed by atoms with Gasteiger partial charge >= 0.3 is 0 Å². The van der Waals surface area contributed by atoms with E-state index in [1.54, 1.807) is 67.6 Å². The van der Waals surface area contributed by atoms with Gasteiger partial charge in [-0.05, 0) is 82.6 Å². The number of halogens is 1. The smallest absolute Gasteiger partial charge is 0.264 e. The summed E-state index contributed by atoms with van der Waals surface area (Å²) in [4.78, 5) is 28.3. The fraction of sp³-hybridized carbons (Fsp3) is 0.333. The van der Waals surface area contributed by atoms with Crippen LogP contribution in [-0.4, -0.2) is 50.4 Å². The first kappa shape index (κ1) is 31.0. The Morgan fingerprint density at radius 3 is 2.15 bits per heavy atom. The molecule has 0 heterocycles. The Kier molecular flexibility index (Phi) is 10.6. The number of amides is 2.